The van der Waals surface area contributed by atoms with Crippen LogP contribution in [0.25, 0.3) is 0 Å². The molecule has 1 aromatic carbocycles. The maximum absolute atomic E-state index is 12.3. The second kappa shape index (κ2) is 6.85. The van der Waals surface area contributed by atoms with Crippen molar-refractivity contribution in [3.63, 3.8) is 0 Å². The summed E-state index contributed by atoms with van der Waals surface area (Å²) in [6, 6.07) is 6.00. The van der Waals surface area contributed by atoms with E-state index in [2.05, 4.69) is 0 Å². The minimum absolute atomic E-state index is 0.0591. The number of hydrogen-bond acceptors (Lipinski definition) is 5. The molecule has 0 spiro atoms. The Bertz CT molecular complexity index is 566. The van der Waals surface area contributed by atoms with Crippen molar-refractivity contribution in [3.8, 4) is 5.75 Å². The lowest BCUT2D eigenvalue weighted by atomic mass is 10.0. The van der Waals surface area contributed by atoms with Crippen molar-refractivity contribution in [2.45, 2.75) is 32.4 Å². The summed E-state index contributed by atoms with van der Waals surface area (Å²) in [5, 5.41) is 0. The first-order valence-electron chi connectivity index (χ1n) is 6.44. The van der Waals surface area contributed by atoms with E-state index in [9.17, 15) is 13.2 Å². The first-order chi connectivity index (χ1) is 9.20. The number of Topliss-reactive ketones (excluding diaryl/α,β-unsaturated/α-hetero) is 1. The Hall–Kier alpha value is -1.40. The molecular formula is C14H21NO4S. The van der Waals surface area contributed by atoms with Gasteiger partial charge in [-0.3, -0.25) is 4.79 Å². The molecule has 20 heavy (non-hydrogen) atoms. The minimum atomic E-state index is -3.13. The Kier molecular flexibility index (Phi) is 5.71. The zero-order chi connectivity index (χ0) is 15.3. The Morgan fingerprint density at radius 2 is 1.90 bits per heavy atom. The van der Waals surface area contributed by atoms with Gasteiger partial charge in [-0.05, 0) is 32.4 Å². The first kappa shape index (κ1) is 16.7. The van der Waals surface area contributed by atoms with Gasteiger partial charge in [-0.25, -0.2) is 8.42 Å². The van der Waals surface area contributed by atoms with Gasteiger partial charge in [-0.1, -0.05) is 12.1 Å². The van der Waals surface area contributed by atoms with Crippen LogP contribution in [0.4, 0.5) is 0 Å². The van der Waals surface area contributed by atoms with Crippen molar-refractivity contribution < 1.29 is 17.9 Å². The Morgan fingerprint density at radius 3 is 2.45 bits per heavy atom. The lowest BCUT2D eigenvalue weighted by Gasteiger charge is -2.16. The molecule has 1 aromatic rings. The molecule has 0 saturated heterocycles. The predicted molar refractivity (Wildman–Crippen MR) is 78.8 cm³/mol. The number of benzene rings is 1. The standard InChI is InChI=1S/C14H21NO4S/c1-10(2)19-13-7-5-4-6-11(13)14(16)12(15)8-9-20(3,17)18/h4-7,10,12H,8-9,15H2,1-3H3. The predicted octanol–water partition coefficient (Wildman–Crippen LogP) is 1.42. The summed E-state index contributed by atoms with van der Waals surface area (Å²) in [4.78, 5) is 12.3. The SMILES string of the molecule is CC(C)Oc1ccccc1C(=O)C(N)CCS(C)(=O)=O. The van der Waals surface area contributed by atoms with Crippen molar-refractivity contribution in [1.29, 1.82) is 0 Å². The number of rotatable bonds is 7. The highest BCUT2D eigenvalue weighted by atomic mass is 32.2. The highest BCUT2D eigenvalue weighted by Gasteiger charge is 2.21. The zero-order valence-corrected chi connectivity index (χ0v) is 12.8. The average Bonchev–Trinajstić information content (AvgIpc) is 2.34. The Morgan fingerprint density at radius 1 is 1.30 bits per heavy atom. The molecule has 0 bridgehead atoms. The van der Waals surface area contributed by atoms with Crippen molar-refractivity contribution in [1.82, 2.24) is 0 Å². The molecule has 0 aromatic heterocycles. The molecule has 0 aliphatic carbocycles. The second-order valence-electron chi connectivity index (χ2n) is 5.05. The van der Waals surface area contributed by atoms with Crippen LogP contribution in [0, 0.1) is 0 Å². The molecule has 2 N–H and O–H groups in total. The summed E-state index contributed by atoms with van der Waals surface area (Å²) >= 11 is 0. The molecule has 0 heterocycles. The molecule has 0 saturated carbocycles. The van der Waals surface area contributed by atoms with E-state index in [1.807, 2.05) is 13.8 Å². The molecule has 0 aliphatic rings. The third kappa shape index (κ3) is 5.30. The van der Waals surface area contributed by atoms with Crippen LogP contribution in [-0.4, -0.2) is 38.4 Å². The van der Waals surface area contributed by atoms with E-state index in [-0.39, 0.29) is 24.1 Å². The van der Waals surface area contributed by atoms with Crippen LogP contribution in [0.15, 0.2) is 24.3 Å². The van der Waals surface area contributed by atoms with Gasteiger partial charge in [0.1, 0.15) is 15.6 Å². The van der Waals surface area contributed by atoms with E-state index in [1.54, 1.807) is 24.3 Å². The molecule has 1 rings (SSSR count). The largest absolute Gasteiger partial charge is 0.490 e. The Labute approximate surface area is 120 Å². The van der Waals surface area contributed by atoms with Gasteiger partial charge in [0.05, 0.1) is 23.5 Å². The second-order valence-corrected chi connectivity index (χ2v) is 7.31. The molecule has 0 fully saturated rings. The quantitative estimate of drug-likeness (QED) is 0.769. The molecule has 6 heteroatoms. The van der Waals surface area contributed by atoms with Crippen molar-refractivity contribution in [3.05, 3.63) is 29.8 Å². The fourth-order valence-electron chi connectivity index (χ4n) is 1.70. The van der Waals surface area contributed by atoms with E-state index < -0.39 is 15.9 Å². The third-order valence-corrected chi connectivity index (χ3v) is 3.63. The fraction of sp³-hybridized carbons (Fsp3) is 0.500. The maximum atomic E-state index is 12.3. The topological polar surface area (TPSA) is 86.5 Å². The molecule has 112 valence electrons. The normalized spacial score (nSPS) is 13.2. The van der Waals surface area contributed by atoms with Gasteiger partial charge in [0.25, 0.3) is 0 Å². The highest BCUT2D eigenvalue weighted by Crippen LogP contribution is 2.21. The van der Waals surface area contributed by atoms with Gasteiger partial charge >= 0.3 is 0 Å². The average molecular weight is 299 g/mol. The van der Waals surface area contributed by atoms with Crippen LogP contribution in [-0.2, 0) is 9.84 Å². The van der Waals surface area contributed by atoms with Crippen LogP contribution in [0.5, 0.6) is 5.75 Å². The van der Waals surface area contributed by atoms with Crippen molar-refractivity contribution in [2.24, 2.45) is 5.73 Å². The van der Waals surface area contributed by atoms with Crippen LogP contribution < -0.4 is 10.5 Å². The molecule has 0 radical (unpaired) electrons. The third-order valence-electron chi connectivity index (χ3n) is 2.65. The molecule has 0 aliphatic heterocycles. The molecule has 0 amide bonds. The van der Waals surface area contributed by atoms with Gasteiger partial charge in [-0.2, -0.15) is 0 Å². The van der Waals surface area contributed by atoms with Crippen molar-refractivity contribution in [2.75, 3.05) is 12.0 Å². The summed E-state index contributed by atoms with van der Waals surface area (Å²) in [6.45, 7) is 3.73. The highest BCUT2D eigenvalue weighted by molar-refractivity contribution is 7.90. The van der Waals surface area contributed by atoms with Crippen LogP contribution in [0.3, 0.4) is 0 Å². The number of carbonyl (C=O) groups excluding carboxylic acids is 1. The lowest BCUT2D eigenvalue weighted by Crippen LogP contribution is -2.33. The number of sulfone groups is 1. The molecule has 1 atom stereocenters. The monoisotopic (exact) mass is 299 g/mol. The van der Waals surface area contributed by atoms with Crippen LogP contribution >= 0.6 is 0 Å². The summed E-state index contributed by atoms with van der Waals surface area (Å²) < 4.78 is 27.8. The summed E-state index contributed by atoms with van der Waals surface area (Å²) in [5.41, 5.74) is 6.18. The summed E-state index contributed by atoms with van der Waals surface area (Å²) in [7, 11) is -3.13. The number of carbonyl (C=O) groups is 1. The maximum Gasteiger partial charge on any atom is 0.183 e. The summed E-state index contributed by atoms with van der Waals surface area (Å²) in [6.07, 6.45) is 1.17. The van der Waals surface area contributed by atoms with E-state index in [0.717, 1.165) is 6.26 Å². The number of ketones is 1. The number of para-hydroxylation sites is 1. The van der Waals surface area contributed by atoms with Crippen LogP contribution in [0.2, 0.25) is 0 Å². The van der Waals surface area contributed by atoms with E-state index >= 15 is 0 Å². The van der Waals surface area contributed by atoms with E-state index in [1.165, 1.54) is 0 Å². The smallest absolute Gasteiger partial charge is 0.183 e. The van der Waals surface area contributed by atoms with Gasteiger partial charge in [0.2, 0.25) is 0 Å². The fourth-order valence-corrected chi connectivity index (χ4v) is 2.38. The Balaban J connectivity index is 2.86. The number of hydrogen-bond donors (Lipinski definition) is 1. The first-order valence-corrected chi connectivity index (χ1v) is 8.50. The van der Waals surface area contributed by atoms with E-state index in [0.29, 0.717) is 11.3 Å². The zero-order valence-electron chi connectivity index (χ0n) is 12.0. The van der Waals surface area contributed by atoms with Gasteiger partial charge in [-0.15, -0.1) is 0 Å². The van der Waals surface area contributed by atoms with Crippen LogP contribution in [0.1, 0.15) is 30.6 Å². The van der Waals surface area contributed by atoms with Gasteiger partial charge < -0.3 is 10.5 Å². The molecule has 5 nitrogen and oxygen atoms in total. The summed E-state index contributed by atoms with van der Waals surface area (Å²) in [5.74, 6) is 0.0693. The lowest BCUT2D eigenvalue weighted by molar-refractivity contribution is 0.0954. The minimum Gasteiger partial charge on any atom is -0.490 e. The molecular weight excluding hydrogens is 278 g/mol. The van der Waals surface area contributed by atoms with E-state index in [4.69, 9.17) is 10.5 Å². The van der Waals surface area contributed by atoms with Crippen molar-refractivity contribution >= 4 is 15.6 Å². The number of ether oxygens (including phenoxy) is 1. The van der Waals surface area contributed by atoms with Gasteiger partial charge in [0, 0.05) is 6.26 Å². The number of nitrogens with two attached hydrogens (primary N) is 1. The van der Waals surface area contributed by atoms with Gasteiger partial charge in [0.15, 0.2) is 5.78 Å². The molecule has 1 unspecified atom stereocenters.